The molecule has 1 heterocycles. The van der Waals surface area contributed by atoms with Crippen LogP contribution in [0.25, 0.3) is 11.1 Å². The first-order valence-corrected chi connectivity index (χ1v) is 9.00. The van der Waals surface area contributed by atoms with Gasteiger partial charge in [-0.1, -0.05) is 48.5 Å². The highest BCUT2D eigenvalue weighted by Crippen LogP contribution is 2.44. The van der Waals surface area contributed by atoms with Crippen LogP contribution in [0.5, 0.6) is 0 Å². The van der Waals surface area contributed by atoms with E-state index in [9.17, 15) is 4.79 Å². The van der Waals surface area contributed by atoms with Gasteiger partial charge < -0.3 is 9.64 Å². The molecule has 0 saturated carbocycles. The molecule has 0 N–H and O–H groups in total. The molecular weight excluding hydrogens is 322 g/mol. The lowest BCUT2D eigenvalue weighted by Gasteiger charge is -2.23. The van der Waals surface area contributed by atoms with Gasteiger partial charge in [0, 0.05) is 24.4 Å². The van der Waals surface area contributed by atoms with Crippen molar-refractivity contribution < 1.29 is 9.53 Å². The highest BCUT2D eigenvalue weighted by molar-refractivity contribution is 6.18. The van der Waals surface area contributed by atoms with E-state index in [0.29, 0.717) is 12.5 Å². The van der Waals surface area contributed by atoms with Gasteiger partial charge in [0.15, 0.2) is 0 Å². The van der Waals surface area contributed by atoms with Gasteiger partial charge in [-0.25, -0.2) is 4.79 Å². The fourth-order valence-corrected chi connectivity index (χ4v) is 4.23. The zero-order chi connectivity index (χ0) is 16.5. The lowest BCUT2D eigenvalue weighted by atomic mass is 9.98. The van der Waals surface area contributed by atoms with Gasteiger partial charge in [-0.2, -0.15) is 0 Å². The van der Waals surface area contributed by atoms with E-state index in [0.717, 1.165) is 19.4 Å². The van der Waals surface area contributed by atoms with E-state index in [2.05, 4.69) is 36.4 Å². The Bertz CT molecular complexity index is 715. The van der Waals surface area contributed by atoms with Crippen molar-refractivity contribution in [2.75, 3.05) is 19.0 Å². The Balaban J connectivity index is 1.54. The van der Waals surface area contributed by atoms with Crippen molar-refractivity contribution in [3.8, 4) is 11.1 Å². The van der Waals surface area contributed by atoms with Crippen LogP contribution < -0.4 is 0 Å². The van der Waals surface area contributed by atoms with Crippen molar-refractivity contribution >= 4 is 17.7 Å². The van der Waals surface area contributed by atoms with Crippen LogP contribution in [0, 0.1) is 0 Å². The number of carbonyl (C=O) groups excluding carboxylic acids is 1. The summed E-state index contributed by atoms with van der Waals surface area (Å²) in [6.45, 7) is 1.12. The molecule has 2 aromatic carbocycles. The van der Waals surface area contributed by atoms with Gasteiger partial charge in [0.1, 0.15) is 6.61 Å². The molecular formula is C20H20ClNO2. The second-order valence-electron chi connectivity index (χ2n) is 6.45. The second-order valence-corrected chi connectivity index (χ2v) is 6.76. The molecule has 4 rings (SSSR count). The largest absolute Gasteiger partial charge is 0.448 e. The van der Waals surface area contributed by atoms with Crippen molar-refractivity contribution in [2.45, 2.75) is 24.8 Å². The average Bonchev–Trinajstić information content (AvgIpc) is 3.22. The summed E-state index contributed by atoms with van der Waals surface area (Å²) in [4.78, 5) is 14.2. The van der Waals surface area contributed by atoms with Crippen LogP contribution in [-0.4, -0.2) is 36.1 Å². The van der Waals surface area contributed by atoms with Crippen LogP contribution in [0.3, 0.4) is 0 Å². The normalized spacial score (nSPS) is 19.2. The van der Waals surface area contributed by atoms with E-state index < -0.39 is 0 Å². The summed E-state index contributed by atoms with van der Waals surface area (Å²) in [6.07, 6.45) is 1.73. The number of hydrogen-bond acceptors (Lipinski definition) is 2. The Labute approximate surface area is 147 Å². The topological polar surface area (TPSA) is 29.5 Å². The second kappa shape index (κ2) is 6.48. The van der Waals surface area contributed by atoms with Crippen LogP contribution >= 0.6 is 11.6 Å². The third-order valence-corrected chi connectivity index (χ3v) is 5.48. The third-order valence-electron chi connectivity index (χ3n) is 5.13. The molecule has 0 spiro atoms. The van der Waals surface area contributed by atoms with Gasteiger partial charge in [-0.05, 0) is 35.1 Å². The number of halogens is 1. The number of alkyl halides is 1. The van der Waals surface area contributed by atoms with E-state index in [1.165, 1.54) is 22.3 Å². The summed E-state index contributed by atoms with van der Waals surface area (Å²) in [6, 6.07) is 16.9. The summed E-state index contributed by atoms with van der Waals surface area (Å²) in [5.74, 6) is 0.586. The summed E-state index contributed by atoms with van der Waals surface area (Å²) in [5.41, 5.74) is 4.96. The van der Waals surface area contributed by atoms with Gasteiger partial charge in [0.25, 0.3) is 0 Å². The first kappa shape index (κ1) is 15.5. The van der Waals surface area contributed by atoms with Crippen LogP contribution in [-0.2, 0) is 4.74 Å². The summed E-state index contributed by atoms with van der Waals surface area (Å²) < 4.78 is 5.68. The quantitative estimate of drug-likeness (QED) is 0.761. The molecule has 0 aromatic heterocycles. The maximum Gasteiger partial charge on any atom is 0.410 e. The maximum atomic E-state index is 12.4. The minimum Gasteiger partial charge on any atom is -0.448 e. The van der Waals surface area contributed by atoms with Crippen molar-refractivity contribution in [1.82, 2.24) is 4.90 Å². The number of likely N-dealkylation sites (tertiary alicyclic amines) is 1. The fraction of sp³-hybridized carbons (Fsp3) is 0.350. The van der Waals surface area contributed by atoms with Gasteiger partial charge in [0.05, 0.1) is 0 Å². The zero-order valence-corrected chi connectivity index (χ0v) is 14.2. The standard InChI is InChI=1S/C20H20ClNO2/c21-12-14-6-5-11-22(14)20(23)24-13-19-17-9-3-1-7-15(17)16-8-2-4-10-18(16)19/h1-4,7-10,14,19H,5-6,11-13H2. The lowest BCUT2D eigenvalue weighted by molar-refractivity contribution is 0.0983. The Hall–Kier alpha value is -2.00. The van der Waals surface area contributed by atoms with Crippen LogP contribution in [0.4, 0.5) is 4.79 Å². The van der Waals surface area contributed by atoms with Crippen molar-refractivity contribution in [2.24, 2.45) is 0 Å². The van der Waals surface area contributed by atoms with Gasteiger partial charge >= 0.3 is 6.09 Å². The highest BCUT2D eigenvalue weighted by atomic mass is 35.5. The minimum atomic E-state index is -0.236. The summed E-state index contributed by atoms with van der Waals surface area (Å²) >= 11 is 5.96. The molecule has 124 valence electrons. The Kier molecular flexibility index (Phi) is 4.19. The number of benzene rings is 2. The van der Waals surface area contributed by atoms with Crippen molar-refractivity contribution in [3.05, 3.63) is 59.7 Å². The number of nitrogens with zero attached hydrogens (tertiary/aromatic N) is 1. The van der Waals surface area contributed by atoms with E-state index >= 15 is 0 Å². The number of rotatable bonds is 3. The zero-order valence-electron chi connectivity index (χ0n) is 13.5. The Morgan fingerprint density at radius 3 is 2.33 bits per heavy atom. The molecule has 4 heteroatoms. The smallest absolute Gasteiger partial charge is 0.410 e. The molecule has 3 nitrogen and oxygen atoms in total. The maximum absolute atomic E-state index is 12.4. The highest BCUT2D eigenvalue weighted by Gasteiger charge is 2.32. The summed E-state index contributed by atoms with van der Waals surface area (Å²) in [7, 11) is 0. The monoisotopic (exact) mass is 341 g/mol. The SMILES string of the molecule is O=C(OCC1c2ccccc2-c2ccccc21)N1CCCC1CCl. The molecule has 1 saturated heterocycles. The average molecular weight is 342 g/mol. The van der Waals surface area contributed by atoms with Crippen LogP contribution in [0.15, 0.2) is 48.5 Å². The molecule has 0 bridgehead atoms. The first-order chi connectivity index (χ1) is 11.8. The van der Waals surface area contributed by atoms with E-state index in [4.69, 9.17) is 16.3 Å². The predicted molar refractivity (Wildman–Crippen MR) is 95.5 cm³/mol. The Morgan fingerprint density at radius 2 is 1.71 bits per heavy atom. The number of fused-ring (bicyclic) bond motifs is 3. The molecule has 2 aliphatic rings. The number of ether oxygens (including phenoxy) is 1. The number of carbonyl (C=O) groups is 1. The number of hydrogen-bond donors (Lipinski definition) is 0. The summed E-state index contributed by atoms with van der Waals surface area (Å²) in [5, 5.41) is 0. The van der Waals surface area contributed by atoms with Crippen LogP contribution in [0.2, 0.25) is 0 Å². The molecule has 24 heavy (non-hydrogen) atoms. The predicted octanol–water partition coefficient (Wildman–Crippen LogP) is 4.64. The molecule has 1 aliphatic carbocycles. The minimum absolute atomic E-state index is 0.110. The van der Waals surface area contributed by atoms with Gasteiger partial charge in [0.2, 0.25) is 0 Å². The molecule has 1 fully saturated rings. The van der Waals surface area contributed by atoms with Gasteiger partial charge in [-0.15, -0.1) is 11.6 Å². The molecule has 1 atom stereocenters. The van der Waals surface area contributed by atoms with E-state index in [-0.39, 0.29) is 18.1 Å². The fourth-order valence-electron chi connectivity index (χ4n) is 3.91. The van der Waals surface area contributed by atoms with E-state index in [1.807, 2.05) is 12.1 Å². The van der Waals surface area contributed by atoms with Gasteiger partial charge in [-0.3, -0.25) is 0 Å². The third kappa shape index (κ3) is 2.57. The molecule has 1 unspecified atom stereocenters. The lowest BCUT2D eigenvalue weighted by Crippen LogP contribution is -2.37. The molecule has 0 radical (unpaired) electrons. The van der Waals surface area contributed by atoms with Crippen molar-refractivity contribution in [1.29, 1.82) is 0 Å². The molecule has 2 aromatic rings. The van der Waals surface area contributed by atoms with Crippen LogP contribution in [0.1, 0.15) is 29.9 Å². The molecule has 1 aliphatic heterocycles. The number of amides is 1. The Morgan fingerprint density at radius 1 is 1.08 bits per heavy atom. The van der Waals surface area contributed by atoms with Crippen molar-refractivity contribution in [3.63, 3.8) is 0 Å². The van der Waals surface area contributed by atoms with E-state index in [1.54, 1.807) is 4.90 Å². The first-order valence-electron chi connectivity index (χ1n) is 8.47. The molecule has 1 amide bonds.